The van der Waals surface area contributed by atoms with E-state index >= 15 is 0 Å². The van der Waals surface area contributed by atoms with E-state index in [2.05, 4.69) is 15.5 Å². The predicted octanol–water partition coefficient (Wildman–Crippen LogP) is 1.04. The molecule has 0 spiro atoms. The molecule has 106 valence electrons. The lowest BCUT2D eigenvalue weighted by Gasteiger charge is -2.16. The molecular formula is C14H23N3O2. The Hall–Kier alpha value is -1.59. The summed E-state index contributed by atoms with van der Waals surface area (Å²) in [6, 6.07) is 7.47. The Morgan fingerprint density at radius 3 is 2.74 bits per heavy atom. The van der Waals surface area contributed by atoms with Crippen LogP contribution >= 0.6 is 0 Å². The molecule has 19 heavy (non-hydrogen) atoms. The van der Waals surface area contributed by atoms with Gasteiger partial charge in [0.05, 0.1) is 12.2 Å². The van der Waals surface area contributed by atoms with Gasteiger partial charge in [0.1, 0.15) is 0 Å². The number of likely N-dealkylation sites (N-methyl/N-ethyl adjacent to an activating group) is 1. The molecule has 2 N–H and O–H groups in total. The van der Waals surface area contributed by atoms with Gasteiger partial charge in [-0.05, 0) is 19.2 Å². The maximum absolute atomic E-state index is 12.0. The van der Waals surface area contributed by atoms with E-state index in [1.807, 2.05) is 38.4 Å². The number of methoxy groups -OCH3 is 1. The summed E-state index contributed by atoms with van der Waals surface area (Å²) in [5.74, 6) is -0.0508. The number of carbonyl (C=O) groups excluding carboxylic acids is 1. The minimum atomic E-state index is -0.0508. The second kappa shape index (κ2) is 8.50. The number of carbonyl (C=O) groups is 1. The van der Waals surface area contributed by atoms with Crippen LogP contribution in [0.2, 0.25) is 0 Å². The van der Waals surface area contributed by atoms with Crippen LogP contribution in [0.3, 0.4) is 0 Å². The fourth-order valence-electron chi connectivity index (χ4n) is 1.71. The first-order chi connectivity index (χ1) is 9.19. The third-order valence-electron chi connectivity index (χ3n) is 2.90. The quantitative estimate of drug-likeness (QED) is 0.737. The summed E-state index contributed by atoms with van der Waals surface area (Å²) in [6.45, 7) is 2.99. The average molecular weight is 265 g/mol. The zero-order valence-electron chi connectivity index (χ0n) is 11.9. The first kappa shape index (κ1) is 15.5. The van der Waals surface area contributed by atoms with Crippen LogP contribution in [0.5, 0.6) is 0 Å². The molecule has 0 bridgehead atoms. The molecule has 1 rings (SSSR count). The molecule has 0 unspecified atom stereocenters. The van der Waals surface area contributed by atoms with Crippen molar-refractivity contribution in [2.45, 2.75) is 0 Å². The maximum atomic E-state index is 12.0. The molecule has 1 aromatic rings. The highest BCUT2D eigenvalue weighted by atomic mass is 16.5. The molecular weight excluding hydrogens is 242 g/mol. The van der Waals surface area contributed by atoms with Crippen molar-refractivity contribution < 1.29 is 9.53 Å². The molecule has 5 nitrogen and oxygen atoms in total. The maximum Gasteiger partial charge on any atom is 0.253 e. The van der Waals surface area contributed by atoms with Gasteiger partial charge in [-0.2, -0.15) is 0 Å². The highest BCUT2D eigenvalue weighted by Crippen LogP contribution is 2.13. The number of ether oxygens (including phenoxy) is 1. The van der Waals surface area contributed by atoms with Crippen molar-refractivity contribution in [3.8, 4) is 0 Å². The van der Waals surface area contributed by atoms with Gasteiger partial charge in [0.25, 0.3) is 5.91 Å². The summed E-state index contributed by atoms with van der Waals surface area (Å²) in [4.78, 5) is 14.1. The van der Waals surface area contributed by atoms with E-state index in [4.69, 9.17) is 4.74 Å². The lowest BCUT2D eigenvalue weighted by atomic mass is 10.1. The highest BCUT2D eigenvalue weighted by Gasteiger charge is 2.09. The molecule has 0 saturated heterocycles. The number of para-hydroxylation sites is 1. The van der Waals surface area contributed by atoms with Crippen molar-refractivity contribution >= 4 is 11.6 Å². The lowest BCUT2D eigenvalue weighted by Crippen LogP contribution is -2.34. The highest BCUT2D eigenvalue weighted by molar-refractivity contribution is 5.99. The first-order valence-electron chi connectivity index (χ1n) is 6.41. The molecule has 0 aliphatic rings. The summed E-state index contributed by atoms with van der Waals surface area (Å²) >= 11 is 0. The van der Waals surface area contributed by atoms with Crippen molar-refractivity contribution in [3.63, 3.8) is 0 Å². The Labute approximate surface area is 114 Å². The number of nitrogens with one attached hydrogen (secondary N) is 2. The van der Waals surface area contributed by atoms with Crippen LogP contribution in [0.15, 0.2) is 24.3 Å². The van der Waals surface area contributed by atoms with Crippen molar-refractivity contribution in [1.29, 1.82) is 0 Å². The number of hydrogen-bond donors (Lipinski definition) is 2. The number of rotatable bonds is 8. The monoisotopic (exact) mass is 265 g/mol. The van der Waals surface area contributed by atoms with Crippen LogP contribution in [-0.2, 0) is 4.74 Å². The van der Waals surface area contributed by atoms with Gasteiger partial charge >= 0.3 is 0 Å². The van der Waals surface area contributed by atoms with Gasteiger partial charge in [-0.1, -0.05) is 12.1 Å². The summed E-state index contributed by atoms with van der Waals surface area (Å²) in [5.41, 5.74) is 1.51. The van der Waals surface area contributed by atoms with E-state index < -0.39 is 0 Å². The van der Waals surface area contributed by atoms with Crippen LogP contribution in [0.25, 0.3) is 0 Å². The van der Waals surface area contributed by atoms with Gasteiger partial charge in [0.2, 0.25) is 0 Å². The Bertz CT molecular complexity index is 396. The normalized spacial score (nSPS) is 10.5. The van der Waals surface area contributed by atoms with Gasteiger partial charge in [0, 0.05) is 39.5 Å². The Balaban J connectivity index is 2.39. The molecule has 0 saturated carbocycles. The molecule has 0 atom stereocenters. The van der Waals surface area contributed by atoms with Crippen LogP contribution in [0, 0.1) is 0 Å². The van der Waals surface area contributed by atoms with E-state index in [1.165, 1.54) is 0 Å². The number of amides is 1. The Morgan fingerprint density at radius 2 is 2.05 bits per heavy atom. The molecule has 0 heterocycles. The van der Waals surface area contributed by atoms with E-state index in [-0.39, 0.29) is 5.91 Å². The predicted molar refractivity (Wildman–Crippen MR) is 77.7 cm³/mol. The first-order valence-corrected chi connectivity index (χ1v) is 6.41. The van der Waals surface area contributed by atoms with Crippen LogP contribution < -0.4 is 10.6 Å². The van der Waals surface area contributed by atoms with Crippen molar-refractivity contribution in [1.82, 2.24) is 10.2 Å². The second-order valence-electron chi connectivity index (χ2n) is 4.35. The molecule has 0 aliphatic heterocycles. The molecule has 0 radical (unpaired) electrons. The third kappa shape index (κ3) is 5.28. The number of anilines is 1. The fraction of sp³-hybridized carbons (Fsp3) is 0.500. The van der Waals surface area contributed by atoms with Gasteiger partial charge in [-0.25, -0.2) is 0 Å². The summed E-state index contributed by atoms with van der Waals surface area (Å²) in [5, 5.41) is 5.94. The second-order valence-corrected chi connectivity index (χ2v) is 4.35. The lowest BCUT2D eigenvalue weighted by molar-refractivity contribution is 0.0948. The van der Waals surface area contributed by atoms with Gasteiger partial charge in [0.15, 0.2) is 0 Å². The van der Waals surface area contributed by atoms with E-state index in [0.29, 0.717) is 18.7 Å². The van der Waals surface area contributed by atoms with Gasteiger partial charge in [-0.3, -0.25) is 4.79 Å². The largest absolute Gasteiger partial charge is 0.387 e. The minimum absolute atomic E-state index is 0.0508. The molecule has 0 aliphatic carbocycles. The summed E-state index contributed by atoms with van der Waals surface area (Å²) in [7, 11) is 5.50. The molecule has 1 aromatic carbocycles. The summed E-state index contributed by atoms with van der Waals surface area (Å²) in [6.07, 6.45) is 0. The Morgan fingerprint density at radius 1 is 1.32 bits per heavy atom. The van der Waals surface area contributed by atoms with Gasteiger partial charge < -0.3 is 20.3 Å². The topological polar surface area (TPSA) is 53.6 Å². The SMILES string of the molecule is CNc1ccccc1C(=O)NCCN(C)CCOC. The number of hydrogen-bond acceptors (Lipinski definition) is 4. The third-order valence-corrected chi connectivity index (χ3v) is 2.90. The fourth-order valence-corrected chi connectivity index (χ4v) is 1.71. The number of benzene rings is 1. The standard InChI is InChI=1S/C14H23N3O2/c1-15-13-7-5-4-6-12(13)14(18)16-8-9-17(2)10-11-19-3/h4-7,15H,8-11H2,1-3H3,(H,16,18). The van der Waals surface area contributed by atoms with E-state index in [1.54, 1.807) is 7.11 Å². The minimum Gasteiger partial charge on any atom is -0.387 e. The molecule has 1 amide bonds. The van der Waals surface area contributed by atoms with Crippen molar-refractivity contribution in [2.75, 3.05) is 52.8 Å². The molecule has 0 fully saturated rings. The average Bonchev–Trinajstić information content (AvgIpc) is 2.44. The smallest absolute Gasteiger partial charge is 0.253 e. The zero-order valence-corrected chi connectivity index (χ0v) is 11.9. The Kier molecular flexibility index (Phi) is 6.92. The van der Waals surface area contributed by atoms with Crippen molar-refractivity contribution in [2.24, 2.45) is 0 Å². The molecule has 5 heteroatoms. The van der Waals surface area contributed by atoms with Crippen LogP contribution in [-0.4, -0.2) is 58.3 Å². The molecule has 0 aromatic heterocycles. The number of nitrogens with zero attached hydrogens (tertiary/aromatic N) is 1. The van der Waals surface area contributed by atoms with E-state index in [9.17, 15) is 4.79 Å². The van der Waals surface area contributed by atoms with E-state index in [0.717, 1.165) is 18.8 Å². The summed E-state index contributed by atoms with van der Waals surface area (Å²) < 4.78 is 5.00. The zero-order chi connectivity index (χ0) is 14.1. The van der Waals surface area contributed by atoms with Crippen molar-refractivity contribution in [3.05, 3.63) is 29.8 Å². The van der Waals surface area contributed by atoms with Crippen LogP contribution in [0.4, 0.5) is 5.69 Å². The van der Waals surface area contributed by atoms with Crippen LogP contribution in [0.1, 0.15) is 10.4 Å². The van der Waals surface area contributed by atoms with Gasteiger partial charge in [-0.15, -0.1) is 0 Å².